The molecule has 4 nitrogen and oxygen atoms in total. The first kappa shape index (κ1) is 24.9. The maximum Gasteiger partial charge on any atom is 0.164 e. The van der Waals surface area contributed by atoms with Gasteiger partial charge in [-0.05, 0) is 30.3 Å². The van der Waals surface area contributed by atoms with Gasteiger partial charge < -0.3 is 4.57 Å². The van der Waals surface area contributed by atoms with Gasteiger partial charge in [-0.15, -0.1) is 11.3 Å². The molecule has 0 fully saturated rings. The number of hydrogen-bond donors (Lipinski definition) is 0. The minimum absolute atomic E-state index is 0.646. The Morgan fingerprint density at radius 1 is 0.432 bits per heavy atom. The molecule has 0 aliphatic rings. The molecule has 3 heterocycles. The zero-order valence-corrected chi connectivity index (χ0v) is 24.4. The summed E-state index contributed by atoms with van der Waals surface area (Å²) in [4.78, 5) is 14.8. The monoisotopic (exact) mass is 580 g/mol. The fourth-order valence-corrected chi connectivity index (χ4v) is 7.49. The summed E-state index contributed by atoms with van der Waals surface area (Å²) in [7, 11) is 0. The first-order valence-corrected chi connectivity index (χ1v) is 15.4. The van der Waals surface area contributed by atoms with E-state index >= 15 is 0 Å². The summed E-state index contributed by atoms with van der Waals surface area (Å²) in [5, 5.41) is 5.17. The molecule has 0 amide bonds. The van der Waals surface area contributed by atoms with Gasteiger partial charge in [0.25, 0.3) is 0 Å². The Bertz CT molecular complexity index is 2440. The smallest absolute Gasteiger partial charge is 0.164 e. The number of fused-ring (bicyclic) bond motifs is 7. The van der Waals surface area contributed by atoms with E-state index in [4.69, 9.17) is 15.0 Å². The van der Waals surface area contributed by atoms with E-state index in [1.54, 1.807) is 0 Å². The SMILES string of the molecule is c1ccc(-c2nc(-c3ccccc3)nc(-c3cccc(-n4c5ccccc5c5c6sc7ccccc7c6ccc54)c3)n2)cc1. The van der Waals surface area contributed by atoms with Crippen LogP contribution in [0.25, 0.3) is 81.8 Å². The van der Waals surface area contributed by atoms with Crippen molar-refractivity contribution in [1.29, 1.82) is 0 Å². The first-order valence-electron chi connectivity index (χ1n) is 14.6. The second kappa shape index (κ2) is 9.97. The highest BCUT2D eigenvalue weighted by molar-refractivity contribution is 7.26. The minimum atomic E-state index is 0.646. The third-order valence-corrected chi connectivity index (χ3v) is 9.45. The van der Waals surface area contributed by atoms with Crippen molar-refractivity contribution in [2.75, 3.05) is 0 Å². The van der Waals surface area contributed by atoms with Gasteiger partial charge in [-0.3, -0.25) is 0 Å². The number of rotatable bonds is 4. The van der Waals surface area contributed by atoms with Crippen molar-refractivity contribution in [3.8, 4) is 39.9 Å². The van der Waals surface area contributed by atoms with Gasteiger partial charge in [-0.1, -0.05) is 115 Å². The number of thiophene rings is 1. The second-order valence-electron chi connectivity index (χ2n) is 10.9. The van der Waals surface area contributed by atoms with E-state index in [9.17, 15) is 0 Å². The third-order valence-electron chi connectivity index (χ3n) is 8.24. The molecule has 9 aromatic rings. The van der Waals surface area contributed by atoms with Crippen molar-refractivity contribution in [1.82, 2.24) is 19.5 Å². The van der Waals surface area contributed by atoms with Crippen LogP contribution in [0.5, 0.6) is 0 Å². The van der Waals surface area contributed by atoms with Crippen LogP contribution in [0.3, 0.4) is 0 Å². The fourth-order valence-electron chi connectivity index (χ4n) is 6.23. The highest BCUT2D eigenvalue weighted by atomic mass is 32.1. The van der Waals surface area contributed by atoms with Gasteiger partial charge in [0, 0.05) is 53.3 Å². The molecule has 3 aromatic heterocycles. The van der Waals surface area contributed by atoms with E-state index in [1.165, 1.54) is 42.0 Å². The zero-order valence-electron chi connectivity index (χ0n) is 23.6. The van der Waals surface area contributed by atoms with E-state index in [0.29, 0.717) is 17.5 Å². The summed E-state index contributed by atoms with van der Waals surface area (Å²) in [6, 6.07) is 50.7. The van der Waals surface area contributed by atoms with Crippen LogP contribution in [0, 0.1) is 0 Å². The van der Waals surface area contributed by atoms with Crippen LogP contribution in [0.15, 0.2) is 146 Å². The summed E-state index contributed by atoms with van der Waals surface area (Å²) >= 11 is 1.87. The van der Waals surface area contributed by atoms with Crippen molar-refractivity contribution >= 4 is 53.3 Å². The standard InChI is InChI=1S/C39H24N4S/c1-3-12-25(13-4-1)37-40-38(26-14-5-2-6-15-26)42-39(41-37)27-16-11-17-28(24-27)43-32-20-9-7-19-31(32)35-33(43)23-22-30-29-18-8-10-21-34(29)44-36(30)35/h1-24H. The maximum absolute atomic E-state index is 4.98. The number of hydrogen-bond acceptors (Lipinski definition) is 4. The van der Waals surface area contributed by atoms with E-state index in [0.717, 1.165) is 22.4 Å². The minimum Gasteiger partial charge on any atom is -0.309 e. The Kier molecular flexibility index (Phi) is 5.64. The molecule has 6 aromatic carbocycles. The van der Waals surface area contributed by atoms with E-state index in [-0.39, 0.29) is 0 Å². The first-order chi connectivity index (χ1) is 21.8. The van der Waals surface area contributed by atoms with Gasteiger partial charge in [0.2, 0.25) is 0 Å². The van der Waals surface area contributed by atoms with Crippen LogP contribution in [0.4, 0.5) is 0 Å². The lowest BCUT2D eigenvalue weighted by atomic mass is 10.1. The molecule has 0 saturated heterocycles. The Balaban J connectivity index is 1.27. The predicted molar refractivity (Wildman–Crippen MR) is 183 cm³/mol. The van der Waals surface area contributed by atoms with Gasteiger partial charge in [-0.2, -0.15) is 0 Å². The number of nitrogens with zero attached hydrogens (tertiary/aromatic N) is 4. The van der Waals surface area contributed by atoms with Gasteiger partial charge in [-0.25, -0.2) is 15.0 Å². The summed E-state index contributed by atoms with van der Waals surface area (Å²) < 4.78 is 5.01. The second-order valence-corrected chi connectivity index (χ2v) is 11.9. The molecule has 0 bridgehead atoms. The summed E-state index contributed by atoms with van der Waals surface area (Å²) in [6.45, 7) is 0. The molecule has 206 valence electrons. The molecule has 9 rings (SSSR count). The lowest BCUT2D eigenvalue weighted by Gasteiger charge is -2.11. The van der Waals surface area contributed by atoms with Crippen LogP contribution in [0.1, 0.15) is 0 Å². The van der Waals surface area contributed by atoms with Crippen molar-refractivity contribution in [3.63, 3.8) is 0 Å². The molecule has 0 spiro atoms. The van der Waals surface area contributed by atoms with Crippen LogP contribution in [-0.4, -0.2) is 19.5 Å². The Labute approximate surface area is 257 Å². The molecule has 5 heteroatoms. The molecular formula is C39H24N4S. The molecule has 0 saturated carbocycles. The molecular weight excluding hydrogens is 557 g/mol. The van der Waals surface area contributed by atoms with E-state index < -0.39 is 0 Å². The lowest BCUT2D eigenvalue weighted by Crippen LogP contribution is -2.01. The third kappa shape index (κ3) is 3.94. The highest BCUT2D eigenvalue weighted by Gasteiger charge is 2.18. The van der Waals surface area contributed by atoms with Crippen LogP contribution >= 0.6 is 11.3 Å². The normalized spacial score (nSPS) is 11.6. The van der Waals surface area contributed by atoms with Crippen molar-refractivity contribution in [3.05, 3.63) is 146 Å². The van der Waals surface area contributed by atoms with Gasteiger partial charge in [0.15, 0.2) is 17.5 Å². The predicted octanol–water partition coefficient (Wildman–Crippen LogP) is 10.3. The average Bonchev–Trinajstić information content (AvgIpc) is 3.65. The fraction of sp³-hybridized carbons (Fsp3) is 0. The van der Waals surface area contributed by atoms with Crippen LogP contribution in [-0.2, 0) is 0 Å². The molecule has 0 aliphatic heterocycles. The van der Waals surface area contributed by atoms with E-state index in [1.807, 2.05) is 72.0 Å². The van der Waals surface area contributed by atoms with Crippen molar-refractivity contribution in [2.24, 2.45) is 0 Å². The summed E-state index contributed by atoms with van der Waals surface area (Å²) in [5.41, 5.74) is 6.28. The van der Waals surface area contributed by atoms with E-state index in [2.05, 4.69) is 89.5 Å². The molecule has 0 unspecified atom stereocenters. The number of para-hydroxylation sites is 1. The Morgan fingerprint density at radius 2 is 1.02 bits per heavy atom. The lowest BCUT2D eigenvalue weighted by molar-refractivity contribution is 1.07. The van der Waals surface area contributed by atoms with Crippen molar-refractivity contribution in [2.45, 2.75) is 0 Å². The molecule has 44 heavy (non-hydrogen) atoms. The maximum atomic E-state index is 4.98. The van der Waals surface area contributed by atoms with Gasteiger partial charge in [0.05, 0.1) is 11.0 Å². The van der Waals surface area contributed by atoms with Crippen molar-refractivity contribution < 1.29 is 0 Å². The quantitative estimate of drug-likeness (QED) is 0.208. The highest BCUT2D eigenvalue weighted by Crippen LogP contribution is 2.43. The summed E-state index contributed by atoms with van der Waals surface area (Å²) in [5.74, 6) is 1.96. The Morgan fingerprint density at radius 3 is 1.75 bits per heavy atom. The zero-order chi connectivity index (χ0) is 29.0. The molecule has 0 aliphatic carbocycles. The molecule has 0 atom stereocenters. The van der Waals surface area contributed by atoms with Crippen LogP contribution < -0.4 is 0 Å². The molecule has 0 N–H and O–H groups in total. The Hall–Kier alpha value is -5.65. The van der Waals surface area contributed by atoms with Gasteiger partial charge >= 0.3 is 0 Å². The summed E-state index contributed by atoms with van der Waals surface area (Å²) in [6.07, 6.45) is 0. The molecule has 0 radical (unpaired) electrons. The van der Waals surface area contributed by atoms with Crippen LogP contribution in [0.2, 0.25) is 0 Å². The van der Waals surface area contributed by atoms with Gasteiger partial charge in [0.1, 0.15) is 0 Å². The largest absolute Gasteiger partial charge is 0.309 e. The average molecular weight is 581 g/mol. The number of benzene rings is 6. The topological polar surface area (TPSA) is 43.6 Å². The number of aromatic nitrogens is 4.